The molecule has 1 aliphatic carbocycles. The molecule has 1 spiro atoms. The van der Waals surface area contributed by atoms with Crippen LogP contribution in [0.4, 0.5) is 5.82 Å². The standard InChI is InChI=1S/C18H19N5O2/c1-22(16-12-4-7-19-15(12)20-11-21-16)14-9-23(10-18(14)5-6-18)17(24)13-3-2-8-25-13/h2-4,7-8,11,14H,5-6,9-10H2,1H3,(H,19,20,21). The van der Waals surface area contributed by atoms with Crippen LogP contribution in [-0.2, 0) is 0 Å². The number of aromatic amines is 1. The number of nitrogens with zero attached hydrogens (tertiary/aromatic N) is 4. The van der Waals surface area contributed by atoms with E-state index < -0.39 is 0 Å². The monoisotopic (exact) mass is 337 g/mol. The number of H-pyrrole nitrogens is 1. The van der Waals surface area contributed by atoms with Crippen molar-refractivity contribution in [2.45, 2.75) is 18.9 Å². The number of nitrogens with one attached hydrogen (secondary N) is 1. The predicted octanol–water partition coefficient (Wildman–Crippen LogP) is 2.29. The number of carbonyl (C=O) groups excluding carboxylic acids is 1. The fourth-order valence-electron chi connectivity index (χ4n) is 4.14. The van der Waals surface area contributed by atoms with Gasteiger partial charge in [-0.05, 0) is 31.0 Å². The van der Waals surface area contributed by atoms with Gasteiger partial charge in [0.2, 0.25) is 0 Å². The van der Waals surface area contributed by atoms with Crippen molar-refractivity contribution >= 4 is 22.8 Å². The molecule has 1 N–H and O–H groups in total. The highest BCUT2D eigenvalue weighted by Crippen LogP contribution is 2.55. The molecule has 1 saturated heterocycles. The molecule has 1 aliphatic heterocycles. The van der Waals surface area contributed by atoms with Gasteiger partial charge in [0, 0.05) is 31.7 Å². The van der Waals surface area contributed by atoms with Gasteiger partial charge in [-0.2, -0.15) is 0 Å². The van der Waals surface area contributed by atoms with E-state index in [1.54, 1.807) is 24.7 Å². The van der Waals surface area contributed by atoms with Gasteiger partial charge in [0.05, 0.1) is 17.7 Å². The van der Waals surface area contributed by atoms with Crippen LogP contribution in [0.1, 0.15) is 23.4 Å². The lowest BCUT2D eigenvalue weighted by atomic mass is 9.99. The van der Waals surface area contributed by atoms with E-state index in [0.717, 1.165) is 36.2 Å². The molecule has 25 heavy (non-hydrogen) atoms. The SMILES string of the molecule is CN(c1ncnc2[nH]ccc12)C1CN(C(=O)c2ccco2)CC12CC2. The molecule has 7 heteroatoms. The Morgan fingerprint density at radius 1 is 1.40 bits per heavy atom. The molecule has 128 valence electrons. The lowest BCUT2D eigenvalue weighted by molar-refractivity contribution is 0.0752. The van der Waals surface area contributed by atoms with Gasteiger partial charge in [0.25, 0.3) is 5.91 Å². The number of likely N-dealkylation sites (tertiary alicyclic amines) is 1. The maximum atomic E-state index is 12.7. The number of carbonyl (C=O) groups is 1. The van der Waals surface area contributed by atoms with E-state index in [-0.39, 0.29) is 17.4 Å². The molecular weight excluding hydrogens is 318 g/mol. The Bertz CT molecular complexity index is 928. The van der Waals surface area contributed by atoms with Crippen molar-refractivity contribution in [3.05, 3.63) is 42.7 Å². The van der Waals surface area contributed by atoms with Crippen LogP contribution in [-0.4, -0.2) is 51.9 Å². The second-order valence-electron chi connectivity index (χ2n) is 7.09. The number of aromatic nitrogens is 3. The molecule has 2 fully saturated rings. The zero-order chi connectivity index (χ0) is 17.0. The van der Waals surface area contributed by atoms with E-state index in [0.29, 0.717) is 12.3 Å². The Kier molecular flexibility index (Phi) is 2.95. The number of amides is 1. The average molecular weight is 337 g/mol. The summed E-state index contributed by atoms with van der Waals surface area (Å²) in [6.07, 6.45) is 7.30. The van der Waals surface area contributed by atoms with E-state index in [2.05, 4.69) is 26.9 Å². The third-order valence-corrected chi connectivity index (χ3v) is 5.65. The minimum atomic E-state index is -0.0262. The fourth-order valence-corrected chi connectivity index (χ4v) is 4.14. The van der Waals surface area contributed by atoms with E-state index in [4.69, 9.17) is 4.42 Å². The Morgan fingerprint density at radius 3 is 3.04 bits per heavy atom. The highest BCUT2D eigenvalue weighted by molar-refractivity contribution is 5.92. The fraction of sp³-hybridized carbons (Fsp3) is 0.389. The van der Waals surface area contributed by atoms with Crippen LogP contribution in [0.2, 0.25) is 0 Å². The maximum Gasteiger partial charge on any atom is 0.289 e. The highest BCUT2D eigenvalue weighted by atomic mass is 16.3. The molecular formula is C18H19N5O2. The number of rotatable bonds is 3. The van der Waals surface area contributed by atoms with Crippen molar-refractivity contribution in [2.75, 3.05) is 25.0 Å². The molecule has 5 rings (SSSR count). The highest BCUT2D eigenvalue weighted by Gasteiger charge is 2.58. The summed E-state index contributed by atoms with van der Waals surface area (Å²) in [4.78, 5) is 28.7. The number of fused-ring (bicyclic) bond motifs is 1. The molecule has 0 aromatic carbocycles. The van der Waals surface area contributed by atoms with Gasteiger partial charge in [-0.1, -0.05) is 0 Å². The number of furan rings is 1. The summed E-state index contributed by atoms with van der Waals surface area (Å²) in [5.41, 5.74) is 1.01. The molecule has 1 atom stereocenters. The van der Waals surface area contributed by atoms with Crippen LogP contribution < -0.4 is 4.90 Å². The molecule has 0 radical (unpaired) electrons. The maximum absolute atomic E-state index is 12.7. The second kappa shape index (κ2) is 5.08. The van der Waals surface area contributed by atoms with Gasteiger partial charge in [0.15, 0.2) is 5.76 Å². The Balaban J connectivity index is 1.45. The number of anilines is 1. The third-order valence-electron chi connectivity index (χ3n) is 5.65. The van der Waals surface area contributed by atoms with Crippen LogP contribution in [0.5, 0.6) is 0 Å². The van der Waals surface area contributed by atoms with Crippen molar-refractivity contribution in [3.8, 4) is 0 Å². The molecule has 1 saturated carbocycles. The lowest BCUT2D eigenvalue weighted by Crippen LogP contribution is -2.40. The first-order chi connectivity index (χ1) is 12.2. The number of likely N-dealkylation sites (N-methyl/N-ethyl adjacent to an activating group) is 1. The summed E-state index contributed by atoms with van der Waals surface area (Å²) in [6, 6.07) is 5.73. The normalized spacial score (nSPS) is 21.2. The lowest BCUT2D eigenvalue weighted by Gasteiger charge is -2.30. The summed E-state index contributed by atoms with van der Waals surface area (Å²) < 4.78 is 5.29. The summed E-state index contributed by atoms with van der Waals surface area (Å²) in [5.74, 6) is 1.30. The quantitative estimate of drug-likeness (QED) is 0.793. The zero-order valence-electron chi connectivity index (χ0n) is 14.0. The molecule has 3 aromatic rings. The molecule has 7 nitrogen and oxygen atoms in total. The first-order valence-electron chi connectivity index (χ1n) is 8.52. The van der Waals surface area contributed by atoms with Crippen molar-refractivity contribution in [1.29, 1.82) is 0 Å². The van der Waals surface area contributed by atoms with E-state index in [1.807, 2.05) is 17.2 Å². The molecule has 1 amide bonds. The predicted molar refractivity (Wildman–Crippen MR) is 92.4 cm³/mol. The van der Waals surface area contributed by atoms with E-state index in [1.165, 1.54) is 0 Å². The van der Waals surface area contributed by atoms with Gasteiger partial charge in [-0.15, -0.1) is 0 Å². The zero-order valence-corrected chi connectivity index (χ0v) is 14.0. The van der Waals surface area contributed by atoms with Gasteiger partial charge in [0.1, 0.15) is 17.8 Å². The molecule has 1 unspecified atom stereocenters. The largest absolute Gasteiger partial charge is 0.459 e. The van der Waals surface area contributed by atoms with E-state index >= 15 is 0 Å². The minimum absolute atomic E-state index is 0.0262. The summed E-state index contributed by atoms with van der Waals surface area (Å²) in [6.45, 7) is 1.47. The van der Waals surface area contributed by atoms with Gasteiger partial charge in [-0.25, -0.2) is 9.97 Å². The van der Waals surface area contributed by atoms with Gasteiger partial charge >= 0.3 is 0 Å². The van der Waals surface area contributed by atoms with Crippen LogP contribution in [0, 0.1) is 5.41 Å². The smallest absolute Gasteiger partial charge is 0.289 e. The first-order valence-corrected chi connectivity index (χ1v) is 8.52. The first kappa shape index (κ1) is 14.5. The topological polar surface area (TPSA) is 78.3 Å². The second-order valence-corrected chi connectivity index (χ2v) is 7.09. The summed E-state index contributed by atoms with van der Waals surface area (Å²) >= 11 is 0. The summed E-state index contributed by atoms with van der Waals surface area (Å²) in [5, 5.41) is 1.01. The molecule has 3 aromatic heterocycles. The van der Waals surface area contributed by atoms with Crippen LogP contribution in [0.15, 0.2) is 41.4 Å². The summed E-state index contributed by atoms with van der Waals surface area (Å²) in [7, 11) is 2.07. The van der Waals surface area contributed by atoms with Gasteiger partial charge < -0.3 is 19.2 Å². The van der Waals surface area contributed by atoms with Crippen molar-refractivity contribution in [3.63, 3.8) is 0 Å². The molecule has 2 aliphatic rings. The number of hydrogen-bond donors (Lipinski definition) is 1. The van der Waals surface area contributed by atoms with E-state index in [9.17, 15) is 4.79 Å². The minimum Gasteiger partial charge on any atom is -0.459 e. The Morgan fingerprint density at radius 2 is 2.28 bits per heavy atom. The molecule has 4 heterocycles. The van der Waals surface area contributed by atoms with Crippen molar-refractivity contribution in [1.82, 2.24) is 19.9 Å². The van der Waals surface area contributed by atoms with Crippen molar-refractivity contribution < 1.29 is 9.21 Å². The van der Waals surface area contributed by atoms with Crippen LogP contribution >= 0.6 is 0 Å². The van der Waals surface area contributed by atoms with Crippen LogP contribution in [0.25, 0.3) is 11.0 Å². The third kappa shape index (κ3) is 2.15. The average Bonchev–Trinajstić information content (AvgIpc) is 3.07. The Labute approximate surface area is 144 Å². The molecule has 0 bridgehead atoms. The van der Waals surface area contributed by atoms with Crippen LogP contribution in [0.3, 0.4) is 0 Å². The van der Waals surface area contributed by atoms with Crippen molar-refractivity contribution in [2.24, 2.45) is 5.41 Å². The Hall–Kier alpha value is -2.83. The van der Waals surface area contributed by atoms with Gasteiger partial charge in [-0.3, -0.25) is 4.79 Å². The number of hydrogen-bond acceptors (Lipinski definition) is 5.